The zero-order valence-electron chi connectivity index (χ0n) is 23.8. The first-order valence-corrected chi connectivity index (χ1v) is 16.0. The molecule has 11 nitrogen and oxygen atoms in total. The number of nitrogens with zero attached hydrogens (tertiary/aromatic N) is 1. The maximum atomic E-state index is 13.7. The van der Waals surface area contributed by atoms with Crippen molar-refractivity contribution in [2.75, 3.05) is 26.9 Å². The van der Waals surface area contributed by atoms with Crippen LogP contribution in [0.5, 0.6) is 5.75 Å². The second-order valence-corrected chi connectivity index (χ2v) is 12.8. The van der Waals surface area contributed by atoms with Crippen LogP contribution in [0.4, 0.5) is 4.79 Å². The van der Waals surface area contributed by atoms with Crippen molar-refractivity contribution < 1.29 is 42.1 Å². The van der Waals surface area contributed by atoms with Crippen LogP contribution >= 0.6 is 0 Å². The average Bonchev–Trinajstić information content (AvgIpc) is 3.67. The van der Waals surface area contributed by atoms with E-state index in [1.165, 1.54) is 19.2 Å². The molecule has 0 bridgehead atoms. The summed E-state index contributed by atoms with van der Waals surface area (Å²) in [7, 11) is -2.65. The third-order valence-corrected chi connectivity index (χ3v) is 9.71. The SMILES string of the molecule is COc1ccc(S(=O)(=O)N(C[C@@H](O)[C@H](Cc2ccccc2)NC(=O)O[C@@H]2CO[C@@H]3OCCC[C@@H]32)OC2CCCC2)cc1. The van der Waals surface area contributed by atoms with Crippen LogP contribution in [0.25, 0.3) is 0 Å². The van der Waals surface area contributed by atoms with E-state index in [9.17, 15) is 18.3 Å². The van der Waals surface area contributed by atoms with Gasteiger partial charge in [0.1, 0.15) is 11.9 Å². The molecule has 0 unspecified atom stereocenters. The minimum absolute atomic E-state index is 0.00552. The van der Waals surface area contributed by atoms with E-state index >= 15 is 0 Å². The molecule has 2 aromatic rings. The van der Waals surface area contributed by atoms with Crippen molar-refractivity contribution in [3.63, 3.8) is 0 Å². The lowest BCUT2D eigenvalue weighted by Gasteiger charge is -2.31. The summed E-state index contributed by atoms with van der Waals surface area (Å²) in [5, 5.41) is 14.3. The number of hydroxylamine groups is 1. The maximum Gasteiger partial charge on any atom is 0.407 e. The number of nitrogens with one attached hydrogen (secondary N) is 1. The van der Waals surface area contributed by atoms with Crippen LogP contribution in [0.1, 0.15) is 44.1 Å². The van der Waals surface area contributed by atoms with Gasteiger partial charge in [-0.25, -0.2) is 13.2 Å². The Kier molecular flexibility index (Phi) is 10.3. The lowest BCUT2D eigenvalue weighted by atomic mass is 9.97. The second-order valence-electron chi connectivity index (χ2n) is 11.0. The first kappa shape index (κ1) is 30.7. The van der Waals surface area contributed by atoms with Crippen molar-refractivity contribution in [3.05, 3.63) is 60.2 Å². The summed E-state index contributed by atoms with van der Waals surface area (Å²) >= 11 is 0. The van der Waals surface area contributed by atoms with Gasteiger partial charge < -0.3 is 29.4 Å². The van der Waals surface area contributed by atoms with E-state index in [1.54, 1.807) is 12.1 Å². The topological polar surface area (TPSA) is 133 Å². The fourth-order valence-electron chi connectivity index (χ4n) is 5.72. The number of hydrogen-bond donors (Lipinski definition) is 2. The molecule has 2 saturated heterocycles. The summed E-state index contributed by atoms with van der Waals surface area (Å²) in [4.78, 5) is 19.1. The lowest BCUT2D eigenvalue weighted by molar-refractivity contribution is -0.152. The zero-order valence-corrected chi connectivity index (χ0v) is 24.6. The zero-order chi connectivity index (χ0) is 29.5. The number of alkyl carbamates (subject to hydrolysis) is 1. The normalized spacial score (nSPS) is 24.2. The Labute approximate surface area is 247 Å². The van der Waals surface area contributed by atoms with Crippen LogP contribution in [-0.2, 0) is 35.5 Å². The van der Waals surface area contributed by atoms with Crippen molar-refractivity contribution in [2.24, 2.45) is 5.92 Å². The summed E-state index contributed by atoms with van der Waals surface area (Å²) in [6.07, 6.45) is 2.07. The van der Waals surface area contributed by atoms with Gasteiger partial charge in [-0.2, -0.15) is 0 Å². The first-order chi connectivity index (χ1) is 20.3. The smallest absolute Gasteiger partial charge is 0.407 e. The molecule has 2 aromatic carbocycles. The Morgan fingerprint density at radius 2 is 1.79 bits per heavy atom. The number of aliphatic hydroxyl groups is 1. The molecule has 2 N–H and O–H groups in total. The molecular weight excluding hydrogens is 564 g/mol. The van der Waals surface area contributed by atoms with Crippen LogP contribution in [0.2, 0.25) is 0 Å². The number of carbonyl (C=O) groups is 1. The molecule has 0 radical (unpaired) electrons. The summed E-state index contributed by atoms with van der Waals surface area (Å²) < 4.78 is 50.5. The van der Waals surface area contributed by atoms with Crippen LogP contribution in [0.3, 0.4) is 0 Å². The van der Waals surface area contributed by atoms with Gasteiger partial charge in [0.25, 0.3) is 10.0 Å². The van der Waals surface area contributed by atoms with Crippen LogP contribution in [0.15, 0.2) is 59.5 Å². The number of rotatable bonds is 12. The van der Waals surface area contributed by atoms with E-state index in [2.05, 4.69) is 5.32 Å². The van der Waals surface area contributed by atoms with Gasteiger partial charge in [-0.05, 0) is 61.9 Å². The Hall–Kier alpha value is -2.74. The van der Waals surface area contributed by atoms with Crippen molar-refractivity contribution >= 4 is 16.1 Å². The molecule has 5 atom stereocenters. The molecule has 42 heavy (non-hydrogen) atoms. The number of hydrogen-bond acceptors (Lipinski definition) is 9. The predicted molar refractivity (Wildman–Crippen MR) is 152 cm³/mol. The van der Waals surface area contributed by atoms with E-state index < -0.39 is 40.9 Å². The van der Waals surface area contributed by atoms with E-state index in [-0.39, 0.29) is 36.2 Å². The molecule has 0 spiro atoms. The molecule has 3 aliphatic rings. The molecule has 3 fully saturated rings. The van der Waals surface area contributed by atoms with Gasteiger partial charge in [0.15, 0.2) is 6.29 Å². The van der Waals surface area contributed by atoms with Gasteiger partial charge >= 0.3 is 6.09 Å². The highest BCUT2D eigenvalue weighted by Gasteiger charge is 2.42. The third-order valence-electron chi connectivity index (χ3n) is 8.07. The quantitative estimate of drug-likeness (QED) is 0.350. The summed E-state index contributed by atoms with van der Waals surface area (Å²) in [6.45, 7) is 0.454. The number of benzene rings is 2. The Morgan fingerprint density at radius 3 is 2.50 bits per heavy atom. The maximum absolute atomic E-state index is 13.7. The summed E-state index contributed by atoms with van der Waals surface area (Å²) in [5.41, 5.74) is 0.855. The van der Waals surface area contributed by atoms with Crippen LogP contribution in [0, 0.1) is 5.92 Å². The van der Waals surface area contributed by atoms with Gasteiger partial charge in [0, 0.05) is 12.5 Å². The highest BCUT2D eigenvalue weighted by molar-refractivity contribution is 7.89. The Morgan fingerprint density at radius 1 is 1.05 bits per heavy atom. The van der Waals surface area contributed by atoms with Crippen LogP contribution in [-0.4, -0.2) is 81.6 Å². The monoisotopic (exact) mass is 604 g/mol. The predicted octanol–water partition coefficient (Wildman–Crippen LogP) is 3.41. The van der Waals surface area contributed by atoms with Gasteiger partial charge in [-0.1, -0.05) is 47.6 Å². The number of amides is 1. The number of sulfonamides is 1. The number of carbonyl (C=O) groups excluding carboxylic acids is 1. The number of ether oxygens (including phenoxy) is 4. The summed E-state index contributed by atoms with van der Waals surface area (Å²) in [5.74, 6) is 0.466. The van der Waals surface area contributed by atoms with E-state index in [4.69, 9.17) is 23.8 Å². The second kappa shape index (κ2) is 14.2. The Bertz CT molecular complexity index is 1260. The fraction of sp³-hybridized carbons (Fsp3) is 0.567. The number of fused-ring (bicyclic) bond motifs is 1. The molecule has 12 heteroatoms. The molecule has 2 aliphatic heterocycles. The standard InChI is InChI=1S/C30H40N2O9S/c1-37-22-13-15-24(16-14-22)42(35,36)32(41-23-10-5-6-11-23)19-27(33)26(18-21-8-3-2-4-9-21)31-30(34)40-28-20-39-29-25(28)12-7-17-38-29/h2-4,8-9,13-16,23,25-29,33H,5-7,10-12,17-20H2,1H3,(H,31,34)/t25-,26+,27-,28-,29+/m1/s1. The molecule has 2 heterocycles. The average molecular weight is 605 g/mol. The van der Waals surface area contributed by atoms with Gasteiger partial charge in [0.05, 0.1) is 43.4 Å². The van der Waals surface area contributed by atoms with Crippen LogP contribution < -0.4 is 10.1 Å². The van der Waals surface area contributed by atoms with Gasteiger partial charge in [0.2, 0.25) is 0 Å². The highest BCUT2D eigenvalue weighted by Crippen LogP contribution is 2.32. The third kappa shape index (κ3) is 7.61. The number of aliphatic hydroxyl groups excluding tert-OH is 1. The van der Waals surface area contributed by atoms with E-state index in [0.29, 0.717) is 12.4 Å². The number of methoxy groups -OCH3 is 1. The van der Waals surface area contributed by atoms with Crippen molar-refractivity contribution in [1.29, 1.82) is 0 Å². The molecule has 5 rings (SSSR count). The van der Waals surface area contributed by atoms with Crippen molar-refractivity contribution in [3.8, 4) is 5.75 Å². The molecule has 1 saturated carbocycles. The first-order valence-electron chi connectivity index (χ1n) is 14.6. The minimum atomic E-state index is -4.15. The largest absolute Gasteiger partial charge is 0.497 e. The molecule has 1 amide bonds. The molecule has 230 valence electrons. The highest BCUT2D eigenvalue weighted by atomic mass is 32.2. The fourth-order valence-corrected chi connectivity index (χ4v) is 7.02. The molecular formula is C30H40N2O9S. The van der Waals surface area contributed by atoms with E-state index in [0.717, 1.165) is 48.6 Å². The van der Waals surface area contributed by atoms with Crippen molar-refractivity contribution in [1.82, 2.24) is 9.79 Å². The minimum Gasteiger partial charge on any atom is -0.497 e. The Balaban J connectivity index is 1.33. The molecule has 0 aromatic heterocycles. The van der Waals surface area contributed by atoms with Gasteiger partial charge in [-0.15, -0.1) is 0 Å². The van der Waals surface area contributed by atoms with Gasteiger partial charge in [-0.3, -0.25) is 4.84 Å². The molecule has 1 aliphatic carbocycles. The lowest BCUT2D eigenvalue weighted by Crippen LogP contribution is -2.51. The van der Waals surface area contributed by atoms with Crippen molar-refractivity contribution in [2.45, 2.75) is 80.5 Å². The summed E-state index contributed by atoms with van der Waals surface area (Å²) in [6, 6.07) is 14.5. The van der Waals surface area contributed by atoms with E-state index in [1.807, 2.05) is 30.3 Å².